The first-order valence-corrected chi connectivity index (χ1v) is 5.95. The van der Waals surface area contributed by atoms with Gasteiger partial charge in [0.2, 0.25) is 0 Å². The molecule has 1 atom stereocenters. The first-order chi connectivity index (χ1) is 7.83. The summed E-state index contributed by atoms with van der Waals surface area (Å²) < 4.78 is 5.30. The number of nitrogens with zero attached hydrogens (tertiary/aromatic N) is 3. The number of carbonyl (C=O) groups is 1. The standard InChI is InChI=1S/C12H21N3O2/c1-10(9-13)14-5-7-15(8-6-14)11(16)17-12(2,3)4/h10H,5-8H2,1-4H3. The van der Waals surface area contributed by atoms with Crippen LogP contribution >= 0.6 is 0 Å². The summed E-state index contributed by atoms with van der Waals surface area (Å²) in [6, 6.07) is 2.12. The van der Waals surface area contributed by atoms with Gasteiger partial charge in [-0.05, 0) is 27.7 Å². The Kier molecular flexibility index (Phi) is 4.35. The number of carbonyl (C=O) groups excluding carboxylic acids is 1. The molecule has 0 aromatic carbocycles. The van der Waals surface area contributed by atoms with Gasteiger partial charge in [0, 0.05) is 26.2 Å². The van der Waals surface area contributed by atoms with E-state index < -0.39 is 5.60 Å². The third kappa shape index (κ3) is 4.23. The van der Waals surface area contributed by atoms with Gasteiger partial charge in [-0.2, -0.15) is 5.26 Å². The number of hydrogen-bond acceptors (Lipinski definition) is 4. The van der Waals surface area contributed by atoms with Gasteiger partial charge in [-0.1, -0.05) is 0 Å². The molecule has 17 heavy (non-hydrogen) atoms. The number of ether oxygens (including phenoxy) is 1. The molecule has 0 aromatic heterocycles. The number of hydrogen-bond donors (Lipinski definition) is 0. The van der Waals surface area contributed by atoms with Crippen molar-refractivity contribution in [3.8, 4) is 6.07 Å². The van der Waals surface area contributed by atoms with Crippen molar-refractivity contribution in [3.05, 3.63) is 0 Å². The smallest absolute Gasteiger partial charge is 0.410 e. The largest absolute Gasteiger partial charge is 0.444 e. The fraction of sp³-hybridized carbons (Fsp3) is 0.833. The van der Waals surface area contributed by atoms with Gasteiger partial charge in [-0.25, -0.2) is 4.79 Å². The summed E-state index contributed by atoms with van der Waals surface area (Å²) in [6.07, 6.45) is -0.262. The molecule has 5 nitrogen and oxygen atoms in total. The molecule has 0 aromatic rings. The van der Waals surface area contributed by atoms with E-state index in [0.717, 1.165) is 13.1 Å². The van der Waals surface area contributed by atoms with Crippen molar-refractivity contribution in [2.45, 2.75) is 39.3 Å². The van der Waals surface area contributed by atoms with Crippen LogP contribution in [0.5, 0.6) is 0 Å². The van der Waals surface area contributed by atoms with E-state index in [1.807, 2.05) is 27.7 Å². The first kappa shape index (κ1) is 13.8. The lowest BCUT2D eigenvalue weighted by atomic mass is 10.2. The molecule has 1 aliphatic heterocycles. The Hall–Kier alpha value is -1.28. The van der Waals surface area contributed by atoms with Gasteiger partial charge in [0.25, 0.3) is 0 Å². The monoisotopic (exact) mass is 239 g/mol. The Bertz CT molecular complexity index is 309. The van der Waals surface area contributed by atoms with Crippen molar-refractivity contribution >= 4 is 6.09 Å². The lowest BCUT2D eigenvalue weighted by Gasteiger charge is -2.36. The van der Waals surface area contributed by atoms with Crippen LogP contribution in [0.4, 0.5) is 4.79 Å². The highest BCUT2D eigenvalue weighted by atomic mass is 16.6. The topological polar surface area (TPSA) is 56.6 Å². The molecule has 1 saturated heterocycles. The van der Waals surface area contributed by atoms with Gasteiger partial charge in [-0.3, -0.25) is 4.90 Å². The molecule has 1 unspecified atom stereocenters. The lowest BCUT2D eigenvalue weighted by Crippen LogP contribution is -2.52. The van der Waals surface area contributed by atoms with Crippen molar-refractivity contribution in [3.63, 3.8) is 0 Å². The highest BCUT2D eigenvalue weighted by Crippen LogP contribution is 2.12. The lowest BCUT2D eigenvalue weighted by molar-refractivity contribution is 0.0131. The maximum absolute atomic E-state index is 11.8. The molecule has 96 valence electrons. The zero-order valence-corrected chi connectivity index (χ0v) is 11.1. The molecule has 0 N–H and O–H groups in total. The van der Waals surface area contributed by atoms with E-state index in [-0.39, 0.29) is 12.1 Å². The van der Waals surface area contributed by atoms with Crippen LogP contribution in [0.1, 0.15) is 27.7 Å². The van der Waals surface area contributed by atoms with E-state index in [1.165, 1.54) is 0 Å². The molecule has 1 aliphatic rings. The Morgan fingerprint density at radius 2 is 1.82 bits per heavy atom. The van der Waals surface area contributed by atoms with Crippen molar-refractivity contribution in [1.82, 2.24) is 9.80 Å². The minimum Gasteiger partial charge on any atom is -0.444 e. The van der Waals surface area contributed by atoms with Gasteiger partial charge >= 0.3 is 6.09 Å². The summed E-state index contributed by atoms with van der Waals surface area (Å²) in [4.78, 5) is 15.6. The van der Waals surface area contributed by atoms with Crippen LogP contribution < -0.4 is 0 Å². The van der Waals surface area contributed by atoms with E-state index in [0.29, 0.717) is 13.1 Å². The predicted molar refractivity (Wildman–Crippen MR) is 64.5 cm³/mol. The molecule has 0 spiro atoms. The molecule has 0 radical (unpaired) electrons. The molecule has 5 heteroatoms. The zero-order chi connectivity index (χ0) is 13.1. The van der Waals surface area contributed by atoms with Crippen molar-refractivity contribution < 1.29 is 9.53 Å². The Balaban J connectivity index is 2.42. The Morgan fingerprint density at radius 3 is 2.24 bits per heavy atom. The maximum Gasteiger partial charge on any atom is 0.410 e. The second-order valence-corrected chi connectivity index (χ2v) is 5.31. The first-order valence-electron chi connectivity index (χ1n) is 5.95. The summed E-state index contributed by atoms with van der Waals surface area (Å²) in [5.41, 5.74) is -0.450. The van der Waals surface area contributed by atoms with Gasteiger partial charge in [0.1, 0.15) is 5.60 Å². The highest BCUT2D eigenvalue weighted by Gasteiger charge is 2.27. The average molecular weight is 239 g/mol. The molecule has 1 amide bonds. The van der Waals surface area contributed by atoms with Crippen LogP contribution in [0.15, 0.2) is 0 Å². The molecule has 1 heterocycles. The van der Waals surface area contributed by atoms with E-state index in [1.54, 1.807) is 4.90 Å². The molecule has 0 bridgehead atoms. The van der Waals surface area contributed by atoms with E-state index >= 15 is 0 Å². The fourth-order valence-electron chi connectivity index (χ4n) is 1.70. The van der Waals surface area contributed by atoms with Crippen LogP contribution in [-0.4, -0.2) is 53.7 Å². The normalized spacial score (nSPS) is 19.6. The summed E-state index contributed by atoms with van der Waals surface area (Å²) in [7, 11) is 0. The summed E-state index contributed by atoms with van der Waals surface area (Å²) in [5.74, 6) is 0. The van der Waals surface area contributed by atoms with Crippen molar-refractivity contribution in [2.75, 3.05) is 26.2 Å². The third-order valence-corrected chi connectivity index (χ3v) is 2.70. The van der Waals surface area contributed by atoms with Gasteiger partial charge in [0.15, 0.2) is 0 Å². The average Bonchev–Trinajstić information content (AvgIpc) is 2.26. The van der Waals surface area contributed by atoms with Crippen LogP contribution in [-0.2, 0) is 4.74 Å². The van der Waals surface area contributed by atoms with Crippen LogP contribution in [0.2, 0.25) is 0 Å². The van der Waals surface area contributed by atoms with E-state index in [2.05, 4.69) is 11.0 Å². The minimum atomic E-state index is -0.450. The Labute approximate surface area is 103 Å². The molecular weight excluding hydrogens is 218 g/mol. The summed E-state index contributed by atoms with van der Waals surface area (Å²) >= 11 is 0. The summed E-state index contributed by atoms with van der Waals surface area (Å²) in [6.45, 7) is 10.2. The van der Waals surface area contributed by atoms with Gasteiger partial charge < -0.3 is 9.64 Å². The SMILES string of the molecule is CC(C#N)N1CCN(C(=O)OC(C)(C)C)CC1. The van der Waals surface area contributed by atoms with Gasteiger partial charge in [-0.15, -0.1) is 0 Å². The van der Waals surface area contributed by atoms with Crippen molar-refractivity contribution in [2.24, 2.45) is 0 Å². The molecule has 0 aliphatic carbocycles. The van der Waals surface area contributed by atoms with E-state index in [9.17, 15) is 4.79 Å². The zero-order valence-electron chi connectivity index (χ0n) is 11.1. The van der Waals surface area contributed by atoms with E-state index in [4.69, 9.17) is 10.00 Å². The highest BCUT2D eigenvalue weighted by molar-refractivity contribution is 5.68. The van der Waals surface area contributed by atoms with Crippen molar-refractivity contribution in [1.29, 1.82) is 5.26 Å². The molecule has 0 saturated carbocycles. The quantitative estimate of drug-likeness (QED) is 0.695. The second-order valence-electron chi connectivity index (χ2n) is 5.31. The fourth-order valence-corrected chi connectivity index (χ4v) is 1.70. The maximum atomic E-state index is 11.8. The molecule has 1 fully saturated rings. The minimum absolute atomic E-state index is 0.0872. The molecule has 1 rings (SSSR count). The molecular formula is C12H21N3O2. The summed E-state index contributed by atoms with van der Waals surface area (Å²) in [5, 5.41) is 8.82. The Morgan fingerprint density at radius 1 is 1.29 bits per heavy atom. The number of rotatable bonds is 1. The number of nitriles is 1. The second kappa shape index (κ2) is 5.37. The number of piperazine rings is 1. The predicted octanol–water partition coefficient (Wildman–Crippen LogP) is 1.45. The number of amides is 1. The van der Waals surface area contributed by atoms with Gasteiger partial charge in [0.05, 0.1) is 12.1 Å². The third-order valence-electron chi connectivity index (χ3n) is 2.70. The van der Waals surface area contributed by atoms with Crippen LogP contribution in [0.25, 0.3) is 0 Å². The van der Waals surface area contributed by atoms with Crippen LogP contribution in [0, 0.1) is 11.3 Å². The van der Waals surface area contributed by atoms with Crippen LogP contribution in [0.3, 0.4) is 0 Å².